The van der Waals surface area contributed by atoms with E-state index in [2.05, 4.69) is 15.0 Å². The lowest BCUT2D eigenvalue weighted by molar-refractivity contribution is 0.238. The normalized spacial score (nSPS) is 11.7. The number of nitrogens with two attached hydrogens (primary N) is 1. The molecule has 13 heteroatoms. The summed E-state index contributed by atoms with van der Waals surface area (Å²) in [5.41, 5.74) is 8.88. The van der Waals surface area contributed by atoms with E-state index in [1.54, 1.807) is 48.5 Å². The van der Waals surface area contributed by atoms with Gasteiger partial charge in [0.05, 0.1) is 11.4 Å². The van der Waals surface area contributed by atoms with Crippen LogP contribution >= 0.6 is 16.8 Å². The van der Waals surface area contributed by atoms with Crippen LogP contribution in [-0.2, 0) is 0 Å². The van der Waals surface area contributed by atoms with Crippen LogP contribution in [0.15, 0.2) is 60.7 Å². The van der Waals surface area contributed by atoms with Crippen molar-refractivity contribution < 1.29 is 33.5 Å². The second kappa shape index (κ2) is 8.85. The van der Waals surface area contributed by atoms with E-state index in [0.717, 1.165) is 0 Å². The average molecular weight is 475 g/mol. The Morgan fingerprint density at radius 3 is 1.84 bits per heavy atom. The Balaban J connectivity index is 1.81. The van der Waals surface area contributed by atoms with Gasteiger partial charge in [-0.2, -0.15) is 14.7 Å². The quantitative estimate of drug-likeness (QED) is 0.225. The number of nitrogen functional groups attached to an aromatic ring is 1. The molecule has 32 heavy (non-hydrogen) atoms. The van der Waals surface area contributed by atoms with Gasteiger partial charge in [0.1, 0.15) is 17.1 Å². The van der Waals surface area contributed by atoms with Crippen molar-refractivity contribution in [2.75, 3.05) is 5.73 Å². The van der Waals surface area contributed by atoms with Crippen molar-refractivity contribution in [1.29, 1.82) is 0 Å². The zero-order valence-electron chi connectivity index (χ0n) is 16.1. The third-order valence-electron chi connectivity index (χ3n) is 4.22. The molecule has 0 aliphatic rings. The van der Waals surface area contributed by atoms with Gasteiger partial charge in [-0.15, -0.1) is 0 Å². The molecule has 11 nitrogen and oxygen atoms in total. The van der Waals surface area contributed by atoms with Crippen molar-refractivity contribution in [2.24, 2.45) is 0 Å². The maximum absolute atomic E-state index is 9.09. The molecule has 2 aromatic heterocycles. The van der Waals surface area contributed by atoms with Gasteiger partial charge >= 0.3 is 16.8 Å². The van der Waals surface area contributed by atoms with Gasteiger partial charge in [0.15, 0.2) is 11.4 Å². The molecular weight excluding hydrogens is 458 g/mol. The van der Waals surface area contributed by atoms with E-state index in [4.69, 9.17) is 39.2 Å². The van der Waals surface area contributed by atoms with E-state index in [0.29, 0.717) is 39.5 Å². The van der Waals surface area contributed by atoms with Crippen LogP contribution < -0.4 is 14.8 Å². The molecule has 0 amide bonds. The minimum Gasteiger partial charge on any atom is -0.427 e. The summed E-state index contributed by atoms with van der Waals surface area (Å²) in [7, 11) is -6.97. The largest absolute Gasteiger partial charge is 0.613 e. The standard InChI is InChI=1S/C19H17N4O7P2/c20-16-10-9-15-19(22-16)23-18(12-1-5-13(6-2-12)29-31(24)25)17(21-15)11-3-7-14(8-4-11)30-32(26,27)28/h1-10,24-28H,(H2,20,22,23)/q+1. The number of fused-ring (bicyclic) bond motifs is 1. The van der Waals surface area contributed by atoms with Gasteiger partial charge < -0.3 is 20.0 Å². The summed E-state index contributed by atoms with van der Waals surface area (Å²) in [4.78, 5) is 58.8. The zero-order valence-corrected chi connectivity index (χ0v) is 17.9. The maximum atomic E-state index is 9.09. The number of rotatable bonds is 6. The van der Waals surface area contributed by atoms with Gasteiger partial charge in [0, 0.05) is 11.1 Å². The third-order valence-corrected chi connectivity index (χ3v) is 5.05. The van der Waals surface area contributed by atoms with Crippen LogP contribution in [0.5, 0.6) is 11.5 Å². The fourth-order valence-corrected chi connectivity index (χ4v) is 3.66. The van der Waals surface area contributed by atoms with Crippen LogP contribution in [0.25, 0.3) is 33.7 Å². The molecule has 0 saturated heterocycles. The SMILES string of the molecule is Nc1ccc2nc(-c3ccc(O[P+](O)(O)O)cc3)c(-c3ccc(OP(O)O)cc3)nc2n1. The Labute approximate surface area is 183 Å². The summed E-state index contributed by atoms with van der Waals surface area (Å²) in [6, 6.07) is 15.9. The highest BCUT2D eigenvalue weighted by molar-refractivity contribution is 7.53. The van der Waals surface area contributed by atoms with Crippen molar-refractivity contribution >= 4 is 33.8 Å². The number of hydrogen-bond donors (Lipinski definition) is 6. The topological polar surface area (TPSA) is 184 Å². The Hall–Kier alpha value is -3.01. The van der Waals surface area contributed by atoms with Crippen LogP contribution in [-0.4, -0.2) is 39.4 Å². The molecule has 0 bridgehead atoms. The summed E-state index contributed by atoms with van der Waals surface area (Å²) in [6.45, 7) is 0. The van der Waals surface area contributed by atoms with Crippen molar-refractivity contribution in [3.05, 3.63) is 60.7 Å². The van der Waals surface area contributed by atoms with Crippen LogP contribution in [0.4, 0.5) is 5.82 Å². The molecule has 0 saturated carbocycles. The van der Waals surface area contributed by atoms with E-state index in [1.165, 1.54) is 12.1 Å². The fraction of sp³-hybridized carbons (Fsp3) is 0. The Kier molecular flexibility index (Phi) is 6.14. The van der Waals surface area contributed by atoms with Crippen molar-refractivity contribution in [3.8, 4) is 34.0 Å². The summed E-state index contributed by atoms with van der Waals surface area (Å²) in [5, 5.41) is 0. The lowest BCUT2D eigenvalue weighted by atomic mass is 10.0. The molecule has 4 rings (SSSR count). The minimum atomic E-state index is -4.43. The first-order valence-electron chi connectivity index (χ1n) is 8.96. The van der Waals surface area contributed by atoms with Gasteiger partial charge in [-0.1, -0.05) is 0 Å². The highest BCUT2D eigenvalue weighted by Crippen LogP contribution is 2.46. The fourth-order valence-electron chi connectivity index (χ4n) is 2.94. The number of pyridine rings is 1. The predicted octanol–water partition coefficient (Wildman–Crippen LogP) is 2.56. The molecule has 0 fully saturated rings. The Bertz CT molecular complexity index is 1250. The number of benzene rings is 2. The predicted molar refractivity (Wildman–Crippen MR) is 119 cm³/mol. The second-order valence-electron chi connectivity index (χ2n) is 6.50. The smallest absolute Gasteiger partial charge is 0.427 e. The summed E-state index contributed by atoms with van der Waals surface area (Å²) >= 11 is 0. The number of hydrogen-bond acceptors (Lipinski definition) is 11. The molecule has 2 heterocycles. The van der Waals surface area contributed by atoms with E-state index >= 15 is 0 Å². The Morgan fingerprint density at radius 2 is 1.28 bits per heavy atom. The molecule has 0 aliphatic heterocycles. The molecular formula is C19H17N4O7P2+. The van der Waals surface area contributed by atoms with E-state index in [1.807, 2.05) is 0 Å². The summed E-state index contributed by atoms with van der Waals surface area (Å²) < 4.78 is 9.60. The number of anilines is 1. The van der Waals surface area contributed by atoms with Gasteiger partial charge in [0.25, 0.3) is 0 Å². The van der Waals surface area contributed by atoms with E-state index in [-0.39, 0.29) is 11.5 Å². The molecule has 0 atom stereocenters. The molecule has 164 valence electrons. The second-order valence-corrected chi connectivity index (χ2v) is 8.39. The van der Waals surface area contributed by atoms with E-state index in [9.17, 15) is 0 Å². The molecule has 4 aromatic rings. The van der Waals surface area contributed by atoms with Crippen LogP contribution in [0.3, 0.4) is 0 Å². The summed E-state index contributed by atoms with van der Waals surface area (Å²) in [5.74, 6) is 0.622. The molecule has 0 aliphatic carbocycles. The monoisotopic (exact) mass is 475 g/mol. The molecule has 7 N–H and O–H groups in total. The van der Waals surface area contributed by atoms with E-state index < -0.39 is 16.8 Å². The highest BCUT2D eigenvalue weighted by Gasteiger charge is 2.34. The first kappa shape index (κ1) is 22.2. The van der Waals surface area contributed by atoms with Gasteiger partial charge in [-0.3, -0.25) is 4.52 Å². The third kappa shape index (κ3) is 5.24. The first-order chi connectivity index (χ1) is 15.2. The van der Waals surface area contributed by atoms with Crippen LogP contribution in [0.2, 0.25) is 0 Å². The molecule has 0 spiro atoms. The van der Waals surface area contributed by atoms with Crippen molar-refractivity contribution in [1.82, 2.24) is 15.0 Å². The molecule has 0 radical (unpaired) electrons. The average Bonchev–Trinajstić information content (AvgIpc) is 2.72. The lowest BCUT2D eigenvalue weighted by Gasteiger charge is -2.12. The Morgan fingerprint density at radius 1 is 0.719 bits per heavy atom. The van der Waals surface area contributed by atoms with Crippen LogP contribution in [0, 0.1) is 0 Å². The molecule has 0 unspecified atom stereocenters. The first-order valence-corrected chi connectivity index (χ1v) is 11.7. The minimum absolute atomic E-state index is 0.0605. The van der Waals surface area contributed by atoms with Gasteiger partial charge in [-0.25, -0.2) is 15.0 Å². The summed E-state index contributed by atoms with van der Waals surface area (Å²) in [6.07, 6.45) is 0. The number of nitrogens with zero attached hydrogens (tertiary/aromatic N) is 3. The molecule has 2 aromatic carbocycles. The lowest BCUT2D eigenvalue weighted by Crippen LogP contribution is -2.00. The van der Waals surface area contributed by atoms with Crippen LogP contribution in [0.1, 0.15) is 0 Å². The van der Waals surface area contributed by atoms with Crippen molar-refractivity contribution in [3.63, 3.8) is 0 Å². The maximum Gasteiger partial charge on any atom is 0.613 e. The zero-order chi connectivity index (χ0) is 22.9. The van der Waals surface area contributed by atoms with Crippen molar-refractivity contribution in [2.45, 2.75) is 0 Å². The highest BCUT2D eigenvalue weighted by atomic mass is 31.2. The number of aromatic nitrogens is 3. The van der Waals surface area contributed by atoms with Gasteiger partial charge in [-0.05, 0) is 60.7 Å². The van der Waals surface area contributed by atoms with Gasteiger partial charge in [0.2, 0.25) is 0 Å².